The molecule has 0 heterocycles. The number of aryl methyl sites for hydroxylation is 1. The van der Waals surface area contributed by atoms with Crippen LogP contribution in [0.1, 0.15) is 74.3 Å². The molecule has 0 radical (unpaired) electrons. The zero-order valence-electron chi connectivity index (χ0n) is 24.3. The fourth-order valence-corrected chi connectivity index (χ4v) is 5.98. The molecule has 0 saturated heterocycles. The number of carbonyl (C=O) groups is 3. The lowest BCUT2D eigenvalue weighted by molar-refractivity contribution is -0.163. The van der Waals surface area contributed by atoms with E-state index >= 15 is 0 Å². The molecule has 214 valence electrons. The summed E-state index contributed by atoms with van der Waals surface area (Å²) >= 11 is 1.63. The Hall–Kier alpha value is -2.29. The number of nitrogens with two attached hydrogens (primary N) is 1. The van der Waals surface area contributed by atoms with E-state index in [9.17, 15) is 18.8 Å². The Kier molecular flexibility index (Phi) is 9.95. The summed E-state index contributed by atoms with van der Waals surface area (Å²) in [5.74, 6) is -0.112. The van der Waals surface area contributed by atoms with Gasteiger partial charge in [0, 0.05) is 10.6 Å². The van der Waals surface area contributed by atoms with Gasteiger partial charge in [0.2, 0.25) is 0 Å². The van der Waals surface area contributed by atoms with Gasteiger partial charge in [-0.3, -0.25) is 9.59 Å². The summed E-state index contributed by atoms with van der Waals surface area (Å²) in [4.78, 5) is 36.7. The van der Waals surface area contributed by atoms with Crippen molar-refractivity contribution in [3.63, 3.8) is 0 Å². The van der Waals surface area contributed by atoms with E-state index in [2.05, 4.69) is 4.74 Å². The molecule has 1 aromatic carbocycles. The molecule has 5 unspecified atom stereocenters. The van der Waals surface area contributed by atoms with Crippen LogP contribution in [0.2, 0.25) is 0 Å². The molecular weight excluding hydrogens is 509 g/mol. The van der Waals surface area contributed by atoms with E-state index in [1.165, 1.54) is 6.07 Å². The number of primary amides is 1. The maximum Gasteiger partial charge on any atom is 0.405 e. The van der Waals surface area contributed by atoms with Crippen molar-refractivity contribution in [2.24, 2.45) is 35.3 Å². The molecule has 7 nitrogen and oxygen atoms in total. The minimum Gasteiger partial charge on any atom is -0.460 e. The highest BCUT2D eigenvalue weighted by Gasteiger charge is 2.67. The van der Waals surface area contributed by atoms with Gasteiger partial charge in [0.1, 0.15) is 22.6 Å². The lowest BCUT2D eigenvalue weighted by Crippen LogP contribution is -2.35. The molecule has 0 spiro atoms. The van der Waals surface area contributed by atoms with Gasteiger partial charge in [0.15, 0.2) is 0 Å². The van der Waals surface area contributed by atoms with Crippen LogP contribution in [0, 0.1) is 42.3 Å². The zero-order chi connectivity index (χ0) is 29.2. The highest BCUT2D eigenvalue weighted by Crippen LogP contribution is 2.64. The molecule has 0 bridgehead atoms. The SMILES string of the molecule is CC(C)(C)OC(N)=O.Cc1cc(SCC2CC3C(C(=O)OC(C)(C)C)C3C2C(=O)OC(C)(C)C)ccc1F. The Bertz CT molecular complexity index is 1020. The second-order valence-corrected chi connectivity index (χ2v) is 14.2. The van der Waals surface area contributed by atoms with Crippen LogP contribution in [0.3, 0.4) is 0 Å². The minimum atomic E-state index is -0.725. The van der Waals surface area contributed by atoms with Crippen LogP contribution >= 0.6 is 11.8 Å². The molecule has 1 amide bonds. The quantitative estimate of drug-likeness (QED) is 0.260. The van der Waals surface area contributed by atoms with Crippen molar-refractivity contribution in [2.75, 3.05) is 5.75 Å². The van der Waals surface area contributed by atoms with Gasteiger partial charge >= 0.3 is 18.0 Å². The zero-order valence-corrected chi connectivity index (χ0v) is 25.2. The molecule has 2 aliphatic carbocycles. The van der Waals surface area contributed by atoms with Gasteiger partial charge < -0.3 is 19.9 Å². The number of benzene rings is 1. The predicted octanol–water partition coefficient (Wildman–Crippen LogP) is 6.29. The maximum atomic E-state index is 13.5. The molecular formula is C29H44FNO6S. The number of esters is 2. The van der Waals surface area contributed by atoms with Gasteiger partial charge in [0.25, 0.3) is 0 Å². The summed E-state index contributed by atoms with van der Waals surface area (Å²) in [6, 6.07) is 5.09. The lowest BCUT2D eigenvalue weighted by Gasteiger charge is -2.28. The third-order valence-corrected chi connectivity index (χ3v) is 7.27. The van der Waals surface area contributed by atoms with E-state index in [-0.39, 0.29) is 47.3 Å². The van der Waals surface area contributed by atoms with Crippen molar-refractivity contribution in [1.29, 1.82) is 0 Å². The molecule has 0 aromatic heterocycles. The summed E-state index contributed by atoms with van der Waals surface area (Å²) in [6.07, 6.45) is 0.0866. The molecule has 2 N–H and O–H groups in total. The molecule has 9 heteroatoms. The first-order chi connectivity index (χ1) is 17.2. The van der Waals surface area contributed by atoms with E-state index < -0.39 is 22.9 Å². The third kappa shape index (κ3) is 9.79. The van der Waals surface area contributed by atoms with Crippen LogP contribution in [0.15, 0.2) is 23.1 Å². The number of hydrogen-bond acceptors (Lipinski definition) is 7. The van der Waals surface area contributed by atoms with Crippen LogP contribution in [-0.4, -0.2) is 40.6 Å². The van der Waals surface area contributed by atoms with Crippen LogP contribution < -0.4 is 5.73 Å². The third-order valence-electron chi connectivity index (χ3n) is 6.09. The molecule has 0 aliphatic heterocycles. The van der Waals surface area contributed by atoms with Crippen LogP contribution in [0.25, 0.3) is 0 Å². The summed E-state index contributed by atoms with van der Waals surface area (Å²) in [6.45, 7) is 18.2. The number of ether oxygens (including phenoxy) is 3. The maximum absolute atomic E-state index is 13.5. The van der Waals surface area contributed by atoms with Crippen molar-refractivity contribution in [2.45, 2.75) is 97.4 Å². The van der Waals surface area contributed by atoms with Gasteiger partial charge in [-0.15, -0.1) is 11.8 Å². The smallest absolute Gasteiger partial charge is 0.405 e. The van der Waals surface area contributed by atoms with Gasteiger partial charge in [-0.05, 0) is 117 Å². The van der Waals surface area contributed by atoms with E-state index in [0.29, 0.717) is 5.56 Å². The van der Waals surface area contributed by atoms with Crippen molar-refractivity contribution in [3.8, 4) is 0 Å². The van der Waals surface area contributed by atoms with Gasteiger partial charge in [-0.1, -0.05) is 0 Å². The monoisotopic (exact) mass is 553 g/mol. The Morgan fingerprint density at radius 1 is 0.895 bits per heavy atom. The number of rotatable bonds is 5. The number of thioether (sulfide) groups is 1. The highest BCUT2D eigenvalue weighted by molar-refractivity contribution is 7.99. The first-order valence-electron chi connectivity index (χ1n) is 13.0. The van der Waals surface area contributed by atoms with E-state index in [0.717, 1.165) is 17.1 Å². The van der Waals surface area contributed by atoms with Crippen LogP contribution in [0.5, 0.6) is 0 Å². The van der Waals surface area contributed by atoms with Gasteiger partial charge in [-0.25, -0.2) is 9.18 Å². The fourth-order valence-electron chi connectivity index (χ4n) is 4.81. The molecule has 5 atom stereocenters. The number of hydrogen-bond donors (Lipinski definition) is 1. The average molecular weight is 554 g/mol. The lowest BCUT2D eigenvalue weighted by atomic mass is 9.89. The van der Waals surface area contributed by atoms with Crippen molar-refractivity contribution in [3.05, 3.63) is 29.6 Å². The predicted molar refractivity (Wildman–Crippen MR) is 146 cm³/mol. The molecule has 2 aliphatic rings. The van der Waals surface area contributed by atoms with E-state index in [4.69, 9.17) is 15.2 Å². The molecule has 2 saturated carbocycles. The molecule has 38 heavy (non-hydrogen) atoms. The summed E-state index contributed by atoms with van der Waals surface area (Å²) in [5.41, 5.74) is 3.77. The highest BCUT2D eigenvalue weighted by atomic mass is 32.2. The van der Waals surface area contributed by atoms with Crippen LogP contribution in [0.4, 0.5) is 9.18 Å². The fraction of sp³-hybridized carbons (Fsp3) is 0.690. The van der Waals surface area contributed by atoms with Crippen molar-refractivity contribution < 1.29 is 33.0 Å². The van der Waals surface area contributed by atoms with Gasteiger partial charge in [0.05, 0.1) is 11.8 Å². The van der Waals surface area contributed by atoms with Crippen LogP contribution in [-0.2, 0) is 23.8 Å². The number of fused-ring (bicyclic) bond motifs is 1. The standard InChI is InChI=1S/C24H33FO4S.C5H11NO2/c1-13-10-15(8-9-17(13)25)30-12-14-11-16-19(18(14)21(26)28-23(2,3)4)20(16)22(27)29-24(5,6)7;1-5(2,3)8-4(6)7/h8-10,14,16,18-20H,11-12H2,1-7H3;1-3H3,(H2,6,7). The number of amides is 1. The average Bonchev–Trinajstić information content (AvgIpc) is 3.25. The first-order valence-corrected chi connectivity index (χ1v) is 14.0. The minimum absolute atomic E-state index is 0.00439. The largest absolute Gasteiger partial charge is 0.460 e. The number of carbonyl (C=O) groups excluding carboxylic acids is 3. The second-order valence-electron chi connectivity index (χ2n) is 13.1. The van der Waals surface area contributed by atoms with E-state index in [1.54, 1.807) is 45.5 Å². The first kappa shape index (κ1) is 31.9. The van der Waals surface area contributed by atoms with E-state index in [1.807, 2.05) is 47.6 Å². The Labute approximate surface area is 230 Å². The summed E-state index contributed by atoms with van der Waals surface area (Å²) in [5, 5.41) is 0. The normalized spacial score (nSPS) is 24.4. The molecule has 2 fully saturated rings. The summed E-state index contributed by atoms with van der Waals surface area (Å²) in [7, 11) is 0. The number of halogens is 1. The van der Waals surface area contributed by atoms with Crippen molar-refractivity contribution in [1.82, 2.24) is 0 Å². The van der Waals surface area contributed by atoms with Crippen molar-refractivity contribution >= 4 is 29.8 Å². The second kappa shape index (κ2) is 11.8. The Balaban J connectivity index is 0.000000550. The molecule has 3 rings (SSSR count). The Morgan fingerprint density at radius 3 is 1.82 bits per heavy atom. The Morgan fingerprint density at radius 2 is 1.39 bits per heavy atom. The topological polar surface area (TPSA) is 105 Å². The van der Waals surface area contributed by atoms with Gasteiger partial charge in [-0.2, -0.15) is 0 Å². The molecule has 1 aromatic rings. The summed E-state index contributed by atoms with van der Waals surface area (Å²) < 4.78 is 29.4.